The Balaban J connectivity index is 2.85. The van der Waals surface area contributed by atoms with E-state index in [9.17, 15) is 4.79 Å². The first kappa shape index (κ1) is 13.8. The number of halogens is 2. The molecule has 1 amide bonds. The molecule has 0 heterocycles. The van der Waals surface area contributed by atoms with Crippen LogP contribution in [0.15, 0.2) is 18.2 Å². The molecule has 1 N–H and O–H groups in total. The third-order valence-corrected chi connectivity index (χ3v) is 3.72. The van der Waals surface area contributed by atoms with Crippen molar-refractivity contribution in [1.82, 2.24) is 0 Å². The zero-order chi connectivity index (χ0) is 12.3. The zero-order valence-corrected chi connectivity index (χ0v) is 12.5. The van der Waals surface area contributed by atoms with E-state index < -0.39 is 5.41 Å². The number of aryl methyl sites for hydroxylation is 1. The summed E-state index contributed by atoms with van der Waals surface area (Å²) >= 11 is 8.00. The number of alkyl halides is 1. The molecule has 0 fully saturated rings. The molecule has 0 saturated carbocycles. The van der Waals surface area contributed by atoms with Crippen LogP contribution < -0.4 is 5.32 Å². The molecule has 1 rings (SSSR count). The minimum absolute atomic E-state index is 0.0493. The molecule has 1 aromatic carbocycles. The van der Waals surface area contributed by atoms with E-state index in [0.717, 1.165) is 14.8 Å². The summed E-state index contributed by atoms with van der Waals surface area (Å²) in [6, 6.07) is 5.92. The number of benzene rings is 1. The molecule has 2 nitrogen and oxygen atoms in total. The normalized spacial score (nSPS) is 11.3. The summed E-state index contributed by atoms with van der Waals surface area (Å²) in [7, 11) is 0. The number of amides is 1. The van der Waals surface area contributed by atoms with Crippen LogP contribution in [0.5, 0.6) is 0 Å². The summed E-state index contributed by atoms with van der Waals surface area (Å²) in [5.41, 5.74) is 1.37. The molecule has 0 unspecified atom stereocenters. The molecule has 0 saturated heterocycles. The first-order valence-electron chi connectivity index (χ1n) is 5.00. The predicted molar refractivity (Wildman–Crippen MR) is 77.0 cm³/mol. The van der Waals surface area contributed by atoms with Crippen molar-refractivity contribution in [2.24, 2.45) is 5.41 Å². The second-order valence-corrected chi connectivity index (χ2v) is 5.94. The second kappa shape index (κ2) is 5.36. The van der Waals surface area contributed by atoms with E-state index in [1.165, 1.54) is 0 Å². The number of hydrogen-bond acceptors (Lipinski definition) is 1. The Bertz CT molecular complexity index is 404. The van der Waals surface area contributed by atoms with Gasteiger partial charge in [-0.25, -0.2) is 0 Å². The van der Waals surface area contributed by atoms with Gasteiger partial charge in [-0.15, -0.1) is 11.6 Å². The number of nitrogens with one attached hydrogen (secondary N) is 1. The van der Waals surface area contributed by atoms with Crippen molar-refractivity contribution in [3.8, 4) is 0 Å². The van der Waals surface area contributed by atoms with Crippen molar-refractivity contribution in [2.45, 2.75) is 20.8 Å². The van der Waals surface area contributed by atoms with Gasteiger partial charge in [-0.3, -0.25) is 4.79 Å². The van der Waals surface area contributed by atoms with Crippen LogP contribution in [0.2, 0.25) is 0 Å². The van der Waals surface area contributed by atoms with Crippen LogP contribution in [-0.4, -0.2) is 11.8 Å². The van der Waals surface area contributed by atoms with Crippen LogP contribution >= 0.6 is 34.2 Å². The Hall–Kier alpha value is -0.290. The molecular weight excluding hydrogens is 336 g/mol. The number of carbonyl (C=O) groups excluding carboxylic acids is 1. The first-order chi connectivity index (χ1) is 7.36. The number of anilines is 1. The summed E-state index contributed by atoms with van der Waals surface area (Å²) in [5, 5.41) is 2.90. The average Bonchev–Trinajstić information content (AvgIpc) is 2.22. The standard InChI is InChI=1S/C12H15ClINO/c1-8-6-9(14)4-5-10(8)15-11(16)12(2,3)7-13/h4-6H,7H2,1-3H3,(H,15,16). The smallest absolute Gasteiger partial charge is 0.231 e. The van der Waals surface area contributed by atoms with Crippen LogP contribution in [0, 0.1) is 15.9 Å². The van der Waals surface area contributed by atoms with Gasteiger partial charge in [0.25, 0.3) is 0 Å². The van der Waals surface area contributed by atoms with Gasteiger partial charge in [0.15, 0.2) is 0 Å². The van der Waals surface area contributed by atoms with Gasteiger partial charge in [-0.1, -0.05) is 0 Å². The van der Waals surface area contributed by atoms with Gasteiger partial charge in [-0.05, 0) is 67.1 Å². The highest BCUT2D eigenvalue weighted by Gasteiger charge is 2.26. The maximum atomic E-state index is 11.9. The largest absolute Gasteiger partial charge is 0.325 e. The third kappa shape index (κ3) is 3.35. The van der Waals surface area contributed by atoms with E-state index in [1.54, 1.807) is 0 Å². The Morgan fingerprint density at radius 2 is 2.12 bits per heavy atom. The molecule has 0 bridgehead atoms. The van der Waals surface area contributed by atoms with Gasteiger partial charge >= 0.3 is 0 Å². The number of hydrogen-bond donors (Lipinski definition) is 1. The van der Waals surface area contributed by atoms with E-state index in [4.69, 9.17) is 11.6 Å². The minimum Gasteiger partial charge on any atom is -0.325 e. The molecule has 0 spiro atoms. The molecule has 0 aliphatic heterocycles. The number of rotatable bonds is 3. The molecule has 0 radical (unpaired) electrons. The summed E-state index contributed by atoms with van der Waals surface area (Å²) in [6.07, 6.45) is 0. The van der Waals surface area contributed by atoms with Gasteiger partial charge in [0.2, 0.25) is 5.91 Å². The van der Waals surface area contributed by atoms with Crippen LogP contribution in [0.4, 0.5) is 5.69 Å². The fourth-order valence-electron chi connectivity index (χ4n) is 1.12. The molecule has 4 heteroatoms. The van der Waals surface area contributed by atoms with Crippen LogP contribution in [0.3, 0.4) is 0 Å². The highest BCUT2D eigenvalue weighted by Crippen LogP contribution is 2.23. The monoisotopic (exact) mass is 351 g/mol. The van der Waals surface area contributed by atoms with Crippen molar-refractivity contribution >= 4 is 45.8 Å². The first-order valence-corrected chi connectivity index (χ1v) is 6.62. The van der Waals surface area contributed by atoms with Crippen LogP contribution in [0.25, 0.3) is 0 Å². The van der Waals surface area contributed by atoms with Crippen molar-refractivity contribution < 1.29 is 4.79 Å². The van der Waals surface area contributed by atoms with Crippen LogP contribution in [0.1, 0.15) is 19.4 Å². The van der Waals surface area contributed by atoms with E-state index in [2.05, 4.69) is 27.9 Å². The van der Waals surface area contributed by atoms with E-state index >= 15 is 0 Å². The summed E-state index contributed by atoms with van der Waals surface area (Å²) < 4.78 is 1.16. The summed E-state index contributed by atoms with van der Waals surface area (Å²) in [5.74, 6) is 0.259. The lowest BCUT2D eigenvalue weighted by Gasteiger charge is -2.21. The van der Waals surface area contributed by atoms with Gasteiger partial charge in [0.05, 0.1) is 5.41 Å². The SMILES string of the molecule is Cc1cc(I)ccc1NC(=O)C(C)(C)CCl. The Kier molecular flexibility index (Phi) is 4.62. The maximum absolute atomic E-state index is 11.9. The molecule has 1 aromatic rings. The van der Waals surface area contributed by atoms with Gasteiger partial charge in [-0.2, -0.15) is 0 Å². The predicted octanol–water partition coefficient (Wildman–Crippen LogP) is 3.80. The zero-order valence-electron chi connectivity index (χ0n) is 9.60. The van der Waals surface area contributed by atoms with Crippen molar-refractivity contribution in [3.63, 3.8) is 0 Å². The lowest BCUT2D eigenvalue weighted by Crippen LogP contribution is -2.32. The fraction of sp³-hybridized carbons (Fsp3) is 0.417. The lowest BCUT2D eigenvalue weighted by molar-refractivity contribution is -0.122. The Morgan fingerprint density at radius 3 is 2.62 bits per heavy atom. The van der Waals surface area contributed by atoms with Gasteiger partial charge in [0, 0.05) is 15.1 Å². The lowest BCUT2D eigenvalue weighted by atomic mass is 9.95. The van der Waals surface area contributed by atoms with E-state index in [-0.39, 0.29) is 5.91 Å². The molecule has 0 atom stereocenters. The molecule has 16 heavy (non-hydrogen) atoms. The van der Waals surface area contributed by atoms with E-state index in [1.807, 2.05) is 39.0 Å². The van der Waals surface area contributed by atoms with Crippen molar-refractivity contribution in [2.75, 3.05) is 11.2 Å². The van der Waals surface area contributed by atoms with E-state index in [0.29, 0.717) is 5.88 Å². The number of carbonyl (C=O) groups is 1. The molecule has 0 aliphatic rings. The van der Waals surface area contributed by atoms with Crippen molar-refractivity contribution in [1.29, 1.82) is 0 Å². The topological polar surface area (TPSA) is 29.1 Å². The average molecular weight is 352 g/mol. The van der Waals surface area contributed by atoms with Crippen LogP contribution in [-0.2, 0) is 4.79 Å². The third-order valence-electron chi connectivity index (χ3n) is 2.39. The van der Waals surface area contributed by atoms with Crippen molar-refractivity contribution in [3.05, 3.63) is 27.3 Å². The summed E-state index contributed by atoms with van der Waals surface area (Å²) in [6.45, 7) is 5.64. The second-order valence-electron chi connectivity index (χ2n) is 4.43. The molecular formula is C12H15ClINO. The summed E-state index contributed by atoms with van der Waals surface area (Å²) in [4.78, 5) is 11.9. The molecule has 88 valence electrons. The molecule has 0 aromatic heterocycles. The maximum Gasteiger partial charge on any atom is 0.231 e. The Labute approximate surface area is 115 Å². The Morgan fingerprint density at radius 1 is 1.50 bits per heavy atom. The van der Waals surface area contributed by atoms with Gasteiger partial charge < -0.3 is 5.32 Å². The fourth-order valence-corrected chi connectivity index (χ4v) is 1.89. The minimum atomic E-state index is -0.545. The van der Waals surface area contributed by atoms with Gasteiger partial charge in [0.1, 0.15) is 0 Å². The highest BCUT2D eigenvalue weighted by molar-refractivity contribution is 14.1. The highest BCUT2D eigenvalue weighted by atomic mass is 127. The quantitative estimate of drug-likeness (QED) is 0.651. The molecule has 0 aliphatic carbocycles.